The number of allylic oxidation sites excluding steroid dienone is 1. The number of hydrogen-bond acceptors (Lipinski definition) is 9. The molecule has 1 unspecified atom stereocenters. The van der Waals surface area contributed by atoms with Crippen molar-refractivity contribution in [3.8, 4) is 0 Å². The molecule has 43 heavy (non-hydrogen) atoms. The fraction of sp³-hybridized carbons (Fsp3) is 0.788. The van der Waals surface area contributed by atoms with E-state index in [1.165, 1.54) is 12.2 Å². The van der Waals surface area contributed by atoms with Crippen molar-refractivity contribution < 1.29 is 42.9 Å². The Morgan fingerprint density at radius 1 is 1.12 bits per heavy atom. The van der Waals surface area contributed by atoms with Crippen LogP contribution in [0.3, 0.4) is 0 Å². The molecule has 10 heteroatoms. The van der Waals surface area contributed by atoms with E-state index in [0.29, 0.717) is 6.42 Å². The maximum absolute atomic E-state index is 14.2. The van der Waals surface area contributed by atoms with Crippen LogP contribution in [-0.4, -0.2) is 66.6 Å². The fourth-order valence-electron chi connectivity index (χ4n) is 7.87. The van der Waals surface area contributed by atoms with E-state index in [1.54, 1.807) is 33.8 Å². The van der Waals surface area contributed by atoms with Crippen molar-refractivity contribution in [1.82, 2.24) is 0 Å². The number of carbonyl (C=O) groups is 3. The standard InChI is InChI=1S/C33H54O9Si/c1-14-17-23(35)39-24-25-29(7,8)18-16-19-31(25,10)33(37)22(34)20-30(9,15-2)42-32(33,11)26(24)40-27(36)38-21(3)41-43(12,13)28(4,5)6/h14-15,17,21,24-26,37H,2,16,18-20H2,1,3-13H3/b17-14+/t21?,24-,25-,26-,30-,31-,32+,33-/m0/s1. The molecule has 0 aromatic heterocycles. The van der Waals surface area contributed by atoms with Crippen LogP contribution in [0.5, 0.6) is 0 Å². The van der Waals surface area contributed by atoms with E-state index in [2.05, 4.69) is 27.4 Å². The Bertz CT molecular complexity index is 1160. The van der Waals surface area contributed by atoms with Gasteiger partial charge in [-0.3, -0.25) is 4.79 Å². The topological polar surface area (TPSA) is 118 Å². The summed E-state index contributed by atoms with van der Waals surface area (Å²) in [6.07, 6.45) is 1.76. The molecule has 1 aliphatic heterocycles. The molecular formula is C33H54O9Si. The van der Waals surface area contributed by atoms with Gasteiger partial charge in [0, 0.05) is 23.8 Å². The van der Waals surface area contributed by atoms with Gasteiger partial charge in [0.15, 0.2) is 32.1 Å². The van der Waals surface area contributed by atoms with Gasteiger partial charge in [0.05, 0.1) is 5.60 Å². The normalized spacial score (nSPS) is 38.4. The number of fused-ring (bicyclic) bond motifs is 3. The zero-order valence-electron chi connectivity index (χ0n) is 28.3. The Hall–Kier alpha value is -2.01. The van der Waals surface area contributed by atoms with Gasteiger partial charge in [0.1, 0.15) is 11.7 Å². The number of ether oxygens (including phenoxy) is 4. The highest BCUT2D eigenvalue weighted by Crippen LogP contribution is 2.67. The zero-order valence-corrected chi connectivity index (χ0v) is 29.3. The molecule has 2 saturated carbocycles. The van der Waals surface area contributed by atoms with Crippen LogP contribution in [0.2, 0.25) is 18.1 Å². The predicted octanol–water partition coefficient (Wildman–Crippen LogP) is 6.63. The van der Waals surface area contributed by atoms with Crippen molar-refractivity contribution in [3.63, 3.8) is 0 Å². The van der Waals surface area contributed by atoms with Crippen LogP contribution in [0.25, 0.3) is 0 Å². The summed E-state index contributed by atoms with van der Waals surface area (Å²) in [5, 5.41) is 12.7. The van der Waals surface area contributed by atoms with Gasteiger partial charge in [-0.15, -0.1) is 6.58 Å². The summed E-state index contributed by atoms with van der Waals surface area (Å²) in [6.45, 7) is 26.7. The Morgan fingerprint density at radius 3 is 2.26 bits per heavy atom. The van der Waals surface area contributed by atoms with Crippen molar-refractivity contribution in [2.75, 3.05) is 0 Å². The number of hydrogen-bond donors (Lipinski definition) is 1. The molecule has 9 nitrogen and oxygen atoms in total. The summed E-state index contributed by atoms with van der Waals surface area (Å²) < 4.78 is 30.7. The highest BCUT2D eigenvalue weighted by Gasteiger charge is 2.80. The molecule has 3 fully saturated rings. The zero-order chi connectivity index (χ0) is 33.0. The molecule has 2 aliphatic carbocycles. The van der Waals surface area contributed by atoms with Crippen LogP contribution in [-0.2, 0) is 33.0 Å². The molecule has 0 amide bonds. The van der Waals surface area contributed by atoms with Gasteiger partial charge in [-0.2, -0.15) is 0 Å². The first-order valence-corrected chi connectivity index (χ1v) is 18.3. The number of esters is 1. The molecular weight excluding hydrogens is 568 g/mol. The summed E-state index contributed by atoms with van der Waals surface area (Å²) in [4.78, 5) is 40.8. The third kappa shape index (κ3) is 5.89. The minimum absolute atomic E-state index is 0.108. The molecule has 244 valence electrons. The van der Waals surface area contributed by atoms with E-state index in [4.69, 9.17) is 23.4 Å². The molecule has 3 rings (SSSR count). The third-order valence-corrected chi connectivity index (χ3v) is 15.4. The van der Waals surface area contributed by atoms with Gasteiger partial charge < -0.3 is 28.5 Å². The Balaban J connectivity index is 2.17. The van der Waals surface area contributed by atoms with Crippen LogP contribution < -0.4 is 0 Å². The first-order valence-electron chi connectivity index (χ1n) is 15.4. The second-order valence-electron chi connectivity index (χ2n) is 15.5. The van der Waals surface area contributed by atoms with Gasteiger partial charge in [-0.05, 0) is 64.1 Å². The summed E-state index contributed by atoms with van der Waals surface area (Å²) in [5.41, 5.74) is -6.66. The van der Waals surface area contributed by atoms with E-state index >= 15 is 0 Å². The maximum Gasteiger partial charge on any atom is 0.511 e. The predicted molar refractivity (Wildman–Crippen MR) is 166 cm³/mol. The quantitative estimate of drug-likeness (QED) is 0.110. The number of carbonyl (C=O) groups excluding carboxylic acids is 3. The van der Waals surface area contributed by atoms with Gasteiger partial charge in [-0.1, -0.05) is 60.1 Å². The number of ketones is 1. The second kappa shape index (κ2) is 11.4. The second-order valence-corrected chi connectivity index (χ2v) is 20.3. The lowest BCUT2D eigenvalue weighted by atomic mass is 9.40. The van der Waals surface area contributed by atoms with Gasteiger partial charge in [0.25, 0.3) is 0 Å². The minimum atomic E-state index is -2.30. The highest BCUT2D eigenvalue weighted by molar-refractivity contribution is 6.74. The van der Waals surface area contributed by atoms with E-state index in [9.17, 15) is 19.5 Å². The summed E-state index contributed by atoms with van der Waals surface area (Å²) in [7, 11) is -2.30. The Morgan fingerprint density at radius 2 is 1.72 bits per heavy atom. The molecule has 8 atom stereocenters. The molecule has 0 radical (unpaired) electrons. The molecule has 0 aromatic rings. The SMILES string of the molecule is C=C[C@@]1(C)CC(=O)[C@]2(O)[C@@]3(C)CCCC(C)(C)[C@@H]3[C@H](OC(=O)/C=C/C)[C@H](OC(=O)OC(C)O[Si](C)(C)C(C)(C)C)[C@@]2(C)O1. The van der Waals surface area contributed by atoms with Crippen LogP contribution in [0.4, 0.5) is 4.79 Å². The summed E-state index contributed by atoms with van der Waals surface area (Å²) in [5.74, 6) is -1.63. The number of Topliss-reactive ketones (excluding diaryl/α,β-unsaturated/α-hetero) is 1. The van der Waals surface area contributed by atoms with Crippen LogP contribution >= 0.6 is 0 Å². The van der Waals surface area contributed by atoms with Crippen LogP contribution in [0.1, 0.15) is 94.9 Å². The monoisotopic (exact) mass is 622 g/mol. The molecule has 0 bridgehead atoms. The van der Waals surface area contributed by atoms with E-state index in [0.717, 1.165) is 12.8 Å². The Kier molecular flexibility index (Phi) is 9.41. The molecule has 0 spiro atoms. The summed E-state index contributed by atoms with van der Waals surface area (Å²) >= 11 is 0. The lowest BCUT2D eigenvalue weighted by Crippen LogP contribution is -2.85. The Labute approximate surface area is 258 Å². The van der Waals surface area contributed by atoms with Crippen LogP contribution in [0.15, 0.2) is 24.8 Å². The van der Waals surface area contributed by atoms with Crippen LogP contribution in [0, 0.1) is 16.7 Å². The van der Waals surface area contributed by atoms with E-state index in [-0.39, 0.29) is 11.5 Å². The molecule has 0 aromatic carbocycles. The van der Waals surface area contributed by atoms with Gasteiger partial charge >= 0.3 is 12.1 Å². The van der Waals surface area contributed by atoms with Crippen molar-refractivity contribution in [2.45, 2.75) is 148 Å². The average molecular weight is 623 g/mol. The minimum Gasteiger partial charge on any atom is -0.455 e. The van der Waals surface area contributed by atoms with Crippen molar-refractivity contribution in [1.29, 1.82) is 0 Å². The average Bonchev–Trinajstić information content (AvgIpc) is 2.83. The van der Waals surface area contributed by atoms with Gasteiger partial charge in [-0.25, -0.2) is 9.59 Å². The fourth-order valence-corrected chi connectivity index (χ4v) is 9.10. The lowest BCUT2D eigenvalue weighted by Gasteiger charge is -2.70. The molecule has 3 aliphatic rings. The maximum atomic E-state index is 14.2. The smallest absolute Gasteiger partial charge is 0.455 e. The third-order valence-electron chi connectivity index (χ3n) is 10.9. The highest BCUT2D eigenvalue weighted by atomic mass is 28.4. The van der Waals surface area contributed by atoms with Crippen molar-refractivity contribution >= 4 is 26.2 Å². The molecule has 1 heterocycles. The summed E-state index contributed by atoms with van der Waals surface area (Å²) in [6, 6.07) is 0. The largest absolute Gasteiger partial charge is 0.511 e. The van der Waals surface area contributed by atoms with Crippen molar-refractivity contribution in [3.05, 3.63) is 24.8 Å². The van der Waals surface area contributed by atoms with E-state index < -0.39 is 78.3 Å². The first kappa shape index (κ1) is 35.5. The van der Waals surface area contributed by atoms with Gasteiger partial charge in [0.2, 0.25) is 0 Å². The lowest BCUT2D eigenvalue weighted by molar-refractivity contribution is -0.357. The van der Waals surface area contributed by atoms with E-state index in [1.807, 2.05) is 33.9 Å². The number of rotatable bonds is 7. The van der Waals surface area contributed by atoms with Crippen molar-refractivity contribution in [2.24, 2.45) is 16.7 Å². The molecule has 1 saturated heterocycles. The number of aliphatic hydroxyl groups is 1. The molecule has 1 N–H and O–H groups in total. The first-order chi connectivity index (χ1) is 19.4.